The van der Waals surface area contributed by atoms with Gasteiger partial charge in [-0.15, -0.1) is 0 Å². The lowest BCUT2D eigenvalue weighted by Crippen LogP contribution is -2.41. The second-order valence-electron chi connectivity index (χ2n) is 6.68. The highest BCUT2D eigenvalue weighted by molar-refractivity contribution is 6.63. The molecule has 134 valence electrons. The molecule has 0 bridgehead atoms. The van der Waals surface area contributed by atoms with Crippen LogP contribution in [0, 0.1) is 11.3 Å². The van der Waals surface area contributed by atoms with Crippen LogP contribution in [0.3, 0.4) is 0 Å². The number of hydrogen-bond donors (Lipinski definition) is 0. The lowest BCUT2D eigenvalue weighted by atomic mass is 9.74. The minimum absolute atomic E-state index is 0.156. The predicted octanol–water partition coefficient (Wildman–Crippen LogP) is 2.66. The van der Waals surface area contributed by atoms with Gasteiger partial charge in [-0.3, -0.25) is 0 Å². The van der Waals surface area contributed by atoms with Crippen LogP contribution in [0.2, 0.25) is 0 Å². The molecule has 0 aromatic heterocycles. The van der Waals surface area contributed by atoms with Gasteiger partial charge in [-0.1, -0.05) is 0 Å². The van der Waals surface area contributed by atoms with Gasteiger partial charge in [0.25, 0.3) is 0 Å². The zero-order valence-electron chi connectivity index (χ0n) is 14.4. The lowest BCUT2D eigenvalue weighted by Gasteiger charge is -2.32. The first kappa shape index (κ1) is 19.3. The van der Waals surface area contributed by atoms with E-state index in [0.717, 1.165) is 13.2 Å². The summed E-state index contributed by atoms with van der Waals surface area (Å²) in [5, 5.41) is 9.29. The molecule has 0 N–H and O–H groups in total. The molecule has 1 aliphatic rings. The van der Waals surface area contributed by atoms with Crippen molar-refractivity contribution in [1.29, 1.82) is 5.26 Å². The molecule has 0 saturated carbocycles. The van der Waals surface area contributed by atoms with E-state index in [-0.39, 0.29) is 11.0 Å². The number of carbonyl (C=O) groups is 1. The smallest absolute Gasteiger partial charge is 0.465 e. The number of methoxy groups -OCH3 is 1. The van der Waals surface area contributed by atoms with Gasteiger partial charge in [0.2, 0.25) is 0 Å². The van der Waals surface area contributed by atoms with Crippen molar-refractivity contribution in [3.63, 3.8) is 0 Å². The van der Waals surface area contributed by atoms with E-state index in [1.165, 1.54) is 0 Å². The molecule has 0 spiro atoms. The van der Waals surface area contributed by atoms with E-state index in [4.69, 9.17) is 9.31 Å². The van der Waals surface area contributed by atoms with Gasteiger partial charge < -0.3 is 14.0 Å². The number of halogens is 3. The van der Waals surface area contributed by atoms with Gasteiger partial charge in [0.15, 0.2) is 0 Å². The number of nitriles is 1. The summed E-state index contributed by atoms with van der Waals surface area (Å²) in [6.45, 7) is 6.92. The monoisotopic (exact) mass is 355 g/mol. The third kappa shape index (κ3) is 3.37. The molecule has 0 amide bonds. The molecule has 2 rings (SSSR count). The number of alkyl halides is 3. The maximum Gasteiger partial charge on any atom is 0.496 e. The molecule has 1 saturated heterocycles. The number of nitrogens with zero attached hydrogens (tertiary/aromatic N) is 1. The largest absolute Gasteiger partial charge is 0.496 e. The summed E-state index contributed by atoms with van der Waals surface area (Å²) in [6.07, 6.45) is -4.83. The van der Waals surface area contributed by atoms with Crippen molar-refractivity contribution in [2.45, 2.75) is 45.1 Å². The topological polar surface area (TPSA) is 68.6 Å². The fraction of sp³-hybridized carbons (Fsp3) is 0.500. The van der Waals surface area contributed by atoms with E-state index in [0.29, 0.717) is 6.07 Å². The molecule has 0 aliphatic carbocycles. The van der Waals surface area contributed by atoms with E-state index in [2.05, 4.69) is 4.74 Å². The average molecular weight is 355 g/mol. The fourth-order valence-corrected chi connectivity index (χ4v) is 2.40. The van der Waals surface area contributed by atoms with E-state index >= 15 is 0 Å². The van der Waals surface area contributed by atoms with Gasteiger partial charge in [-0.25, -0.2) is 4.79 Å². The van der Waals surface area contributed by atoms with Crippen LogP contribution in [-0.4, -0.2) is 31.4 Å². The van der Waals surface area contributed by atoms with Crippen LogP contribution < -0.4 is 5.46 Å². The van der Waals surface area contributed by atoms with Crippen molar-refractivity contribution in [2.75, 3.05) is 7.11 Å². The lowest BCUT2D eigenvalue weighted by molar-refractivity contribution is -0.137. The molecule has 1 aliphatic heterocycles. The van der Waals surface area contributed by atoms with Crippen LogP contribution in [0.1, 0.15) is 49.2 Å². The van der Waals surface area contributed by atoms with Crippen LogP contribution in [0.25, 0.3) is 0 Å². The molecule has 0 atom stereocenters. The Labute approximate surface area is 143 Å². The Morgan fingerprint density at radius 2 is 1.72 bits per heavy atom. The van der Waals surface area contributed by atoms with Crippen molar-refractivity contribution < 1.29 is 32.0 Å². The molecule has 1 heterocycles. The Kier molecular flexibility index (Phi) is 4.66. The first-order valence-corrected chi connectivity index (χ1v) is 7.43. The Hall–Kier alpha value is -2.05. The highest BCUT2D eigenvalue weighted by atomic mass is 19.4. The normalized spacial score (nSPS) is 18.8. The quantitative estimate of drug-likeness (QED) is 0.603. The van der Waals surface area contributed by atoms with Crippen molar-refractivity contribution in [2.24, 2.45) is 0 Å². The Bertz CT molecular complexity index is 737. The molecule has 0 radical (unpaired) electrons. The average Bonchev–Trinajstić information content (AvgIpc) is 2.72. The van der Waals surface area contributed by atoms with E-state index in [9.17, 15) is 23.2 Å². The van der Waals surface area contributed by atoms with Gasteiger partial charge in [-0.05, 0) is 39.8 Å². The van der Waals surface area contributed by atoms with Gasteiger partial charge in [0, 0.05) is 5.46 Å². The summed E-state index contributed by atoms with van der Waals surface area (Å²) in [5.74, 6) is -0.951. The first-order chi connectivity index (χ1) is 11.3. The highest BCUT2D eigenvalue weighted by Gasteiger charge is 2.53. The van der Waals surface area contributed by atoms with Crippen LogP contribution in [0.15, 0.2) is 12.1 Å². The molecular weight excluding hydrogens is 338 g/mol. The fourth-order valence-electron chi connectivity index (χ4n) is 2.40. The van der Waals surface area contributed by atoms with Crippen LogP contribution in [0.5, 0.6) is 0 Å². The summed E-state index contributed by atoms with van der Waals surface area (Å²) < 4.78 is 56.1. The number of benzene rings is 1. The molecule has 0 unspecified atom stereocenters. The van der Waals surface area contributed by atoms with Gasteiger partial charge >= 0.3 is 19.3 Å². The van der Waals surface area contributed by atoms with Gasteiger partial charge in [0.1, 0.15) is 0 Å². The Balaban J connectivity index is 2.69. The summed E-state index contributed by atoms with van der Waals surface area (Å²) in [4.78, 5) is 11.8. The number of esters is 1. The predicted molar refractivity (Wildman–Crippen MR) is 83.2 cm³/mol. The Morgan fingerprint density at radius 3 is 2.12 bits per heavy atom. The molecule has 1 aromatic rings. The highest BCUT2D eigenvalue weighted by Crippen LogP contribution is 2.38. The van der Waals surface area contributed by atoms with Crippen molar-refractivity contribution in [3.05, 3.63) is 28.8 Å². The van der Waals surface area contributed by atoms with Gasteiger partial charge in [0.05, 0.1) is 41.1 Å². The maximum absolute atomic E-state index is 13.4. The minimum Gasteiger partial charge on any atom is -0.465 e. The second-order valence-corrected chi connectivity index (χ2v) is 6.68. The van der Waals surface area contributed by atoms with Crippen LogP contribution in [-0.2, 0) is 20.2 Å². The van der Waals surface area contributed by atoms with Gasteiger partial charge in [-0.2, -0.15) is 18.4 Å². The summed E-state index contributed by atoms with van der Waals surface area (Å²) in [6, 6.07) is 3.29. The third-order valence-corrected chi connectivity index (χ3v) is 4.51. The second kappa shape index (κ2) is 6.04. The standard InChI is InChI=1S/C16H17BF3NO4/c1-14(2)15(3,4)25-17(24-14)12-7-9(13(22)23-5)6-11(10(12)8-21)16(18,19)20/h6-7H,1-5H3. The van der Waals surface area contributed by atoms with Crippen LogP contribution >= 0.6 is 0 Å². The number of hydrogen-bond acceptors (Lipinski definition) is 5. The SMILES string of the molecule is COC(=O)c1cc(B2OC(C)(C)C(C)(C)O2)c(C#N)c(C(F)(F)F)c1. The van der Waals surface area contributed by atoms with Crippen molar-refractivity contribution in [1.82, 2.24) is 0 Å². The number of ether oxygens (including phenoxy) is 1. The third-order valence-electron chi connectivity index (χ3n) is 4.51. The van der Waals surface area contributed by atoms with Crippen LogP contribution in [0.4, 0.5) is 13.2 Å². The minimum atomic E-state index is -4.83. The molecular formula is C16H17BF3NO4. The van der Waals surface area contributed by atoms with E-state index < -0.39 is 41.6 Å². The zero-order valence-corrected chi connectivity index (χ0v) is 14.4. The Morgan fingerprint density at radius 1 is 1.20 bits per heavy atom. The molecule has 1 aromatic carbocycles. The summed E-state index contributed by atoms with van der Waals surface area (Å²) >= 11 is 0. The maximum atomic E-state index is 13.4. The number of carbonyl (C=O) groups excluding carboxylic acids is 1. The molecule has 25 heavy (non-hydrogen) atoms. The van der Waals surface area contributed by atoms with E-state index in [1.54, 1.807) is 33.8 Å². The molecule has 1 fully saturated rings. The van der Waals surface area contributed by atoms with E-state index in [1.807, 2.05) is 0 Å². The first-order valence-electron chi connectivity index (χ1n) is 7.43. The zero-order chi connectivity index (χ0) is 19.2. The molecule has 9 heteroatoms. The number of rotatable bonds is 2. The van der Waals surface area contributed by atoms with Crippen molar-refractivity contribution >= 4 is 18.6 Å². The summed E-state index contributed by atoms with van der Waals surface area (Å²) in [5.41, 5.74) is -4.00. The molecule has 5 nitrogen and oxygen atoms in total. The van der Waals surface area contributed by atoms with Crippen molar-refractivity contribution in [3.8, 4) is 6.07 Å². The summed E-state index contributed by atoms with van der Waals surface area (Å²) in [7, 11) is -0.159.